The van der Waals surface area contributed by atoms with Gasteiger partial charge in [0.25, 0.3) is 0 Å². The third-order valence-corrected chi connectivity index (χ3v) is 4.71. The van der Waals surface area contributed by atoms with Gasteiger partial charge in [0.15, 0.2) is 5.75 Å². The molecule has 0 amide bonds. The van der Waals surface area contributed by atoms with Gasteiger partial charge in [-0.25, -0.2) is 4.79 Å². The van der Waals surface area contributed by atoms with Gasteiger partial charge in [0.05, 0.1) is 13.7 Å². The molecule has 1 heterocycles. The highest BCUT2D eigenvalue weighted by Crippen LogP contribution is 2.38. The maximum Gasteiger partial charge on any atom is 0.383 e. The molecule has 0 atom stereocenters. The van der Waals surface area contributed by atoms with Crippen molar-refractivity contribution in [2.45, 2.75) is 53.4 Å². The molecular formula is C26H34O5. The second-order valence-electron chi connectivity index (χ2n) is 7.58. The second kappa shape index (κ2) is 12.7. The van der Waals surface area contributed by atoms with E-state index >= 15 is 0 Å². The molecule has 0 aliphatic heterocycles. The molecule has 0 aliphatic rings. The Bertz CT molecular complexity index is 991. The summed E-state index contributed by atoms with van der Waals surface area (Å²) < 4.78 is 22.8. The quantitative estimate of drug-likeness (QED) is 0.217. The first kappa shape index (κ1) is 24.3. The molecule has 168 valence electrons. The smallest absolute Gasteiger partial charge is 0.383 e. The summed E-state index contributed by atoms with van der Waals surface area (Å²) in [6.07, 6.45) is 12.2. The molecule has 0 radical (unpaired) electrons. The maximum absolute atomic E-state index is 12.4. The van der Waals surface area contributed by atoms with Gasteiger partial charge in [0.1, 0.15) is 23.3 Å². The number of methoxy groups -OCH3 is 1. The van der Waals surface area contributed by atoms with Gasteiger partial charge >= 0.3 is 5.63 Å². The third kappa shape index (κ3) is 7.35. The average Bonchev–Trinajstić information content (AvgIpc) is 2.73. The molecule has 0 bridgehead atoms. The maximum atomic E-state index is 12.4. The van der Waals surface area contributed by atoms with Crippen LogP contribution in [0.25, 0.3) is 11.0 Å². The minimum absolute atomic E-state index is 0.0463. The predicted octanol–water partition coefficient (Wildman–Crippen LogP) is 6.61. The van der Waals surface area contributed by atoms with Crippen molar-refractivity contribution in [1.82, 2.24) is 0 Å². The summed E-state index contributed by atoms with van der Waals surface area (Å²) in [6, 6.07) is 5.37. The lowest BCUT2D eigenvalue weighted by atomic mass is 10.1. The van der Waals surface area contributed by atoms with Crippen LogP contribution in [0.2, 0.25) is 0 Å². The molecule has 1 aromatic carbocycles. The van der Waals surface area contributed by atoms with Gasteiger partial charge in [-0.3, -0.25) is 0 Å². The lowest BCUT2D eigenvalue weighted by molar-refractivity contribution is 0.307. The first-order valence-corrected chi connectivity index (χ1v) is 10.8. The summed E-state index contributed by atoms with van der Waals surface area (Å²) in [5.41, 5.74) is 2.38. The Morgan fingerprint density at radius 1 is 1.03 bits per heavy atom. The highest BCUT2D eigenvalue weighted by atomic mass is 16.5. The Morgan fingerprint density at radius 2 is 1.84 bits per heavy atom. The molecule has 2 rings (SSSR count). The summed E-state index contributed by atoms with van der Waals surface area (Å²) in [5, 5.41) is 0.606. The number of allylic oxidation sites excluding steroid dienone is 4. The van der Waals surface area contributed by atoms with E-state index in [0.717, 1.165) is 25.7 Å². The zero-order valence-electron chi connectivity index (χ0n) is 19.3. The van der Waals surface area contributed by atoms with Crippen LogP contribution >= 0.6 is 0 Å². The Hall–Kier alpha value is -2.95. The number of fused-ring (bicyclic) bond motifs is 1. The fourth-order valence-corrected chi connectivity index (χ4v) is 3.09. The van der Waals surface area contributed by atoms with Gasteiger partial charge in [0.2, 0.25) is 5.75 Å². The minimum atomic E-state index is -0.572. The molecule has 5 heteroatoms. The fraction of sp³-hybridized carbons (Fsp3) is 0.423. The Labute approximate surface area is 185 Å². The van der Waals surface area contributed by atoms with Crippen LogP contribution in [0.3, 0.4) is 0 Å². The van der Waals surface area contributed by atoms with Crippen molar-refractivity contribution in [2.75, 3.05) is 20.3 Å². The normalized spacial score (nSPS) is 11.7. The van der Waals surface area contributed by atoms with Crippen LogP contribution in [0.5, 0.6) is 17.2 Å². The predicted molar refractivity (Wildman–Crippen MR) is 126 cm³/mol. The molecule has 0 aliphatic carbocycles. The lowest BCUT2D eigenvalue weighted by Gasteiger charge is -2.14. The molecule has 0 saturated carbocycles. The van der Waals surface area contributed by atoms with Crippen LogP contribution in [-0.2, 0) is 0 Å². The number of benzene rings is 1. The summed E-state index contributed by atoms with van der Waals surface area (Å²) >= 11 is 0. The summed E-state index contributed by atoms with van der Waals surface area (Å²) in [7, 11) is 1.43. The molecule has 0 N–H and O–H groups in total. The van der Waals surface area contributed by atoms with Gasteiger partial charge in [0, 0.05) is 0 Å². The molecule has 0 fully saturated rings. The van der Waals surface area contributed by atoms with Crippen molar-refractivity contribution in [1.29, 1.82) is 0 Å². The molecule has 2 aromatic rings. The van der Waals surface area contributed by atoms with E-state index in [1.807, 2.05) is 12.1 Å². The van der Waals surface area contributed by atoms with Gasteiger partial charge in [-0.15, -0.1) is 0 Å². The molecule has 0 saturated heterocycles. The van der Waals surface area contributed by atoms with E-state index in [0.29, 0.717) is 35.7 Å². The number of ether oxygens (including phenoxy) is 3. The van der Waals surface area contributed by atoms with Crippen LogP contribution in [0.15, 0.2) is 62.9 Å². The number of hydrogen-bond donors (Lipinski definition) is 0. The monoisotopic (exact) mass is 426 g/mol. The minimum Gasteiger partial charge on any atom is -0.492 e. The molecular weight excluding hydrogens is 392 g/mol. The first-order chi connectivity index (χ1) is 15.0. The molecule has 0 spiro atoms. The zero-order chi connectivity index (χ0) is 22.6. The van der Waals surface area contributed by atoms with E-state index in [4.69, 9.17) is 18.6 Å². The molecule has 0 unspecified atom stereocenters. The van der Waals surface area contributed by atoms with E-state index in [1.165, 1.54) is 18.3 Å². The second-order valence-corrected chi connectivity index (χ2v) is 7.58. The van der Waals surface area contributed by atoms with Gasteiger partial charge in [-0.2, -0.15) is 0 Å². The van der Waals surface area contributed by atoms with Crippen molar-refractivity contribution in [3.8, 4) is 17.2 Å². The van der Waals surface area contributed by atoms with Crippen LogP contribution < -0.4 is 19.8 Å². The Morgan fingerprint density at radius 3 is 2.55 bits per heavy atom. The van der Waals surface area contributed by atoms with Gasteiger partial charge in [-0.05, 0) is 64.7 Å². The highest BCUT2D eigenvalue weighted by Gasteiger charge is 2.20. The van der Waals surface area contributed by atoms with Crippen molar-refractivity contribution >= 4 is 11.0 Å². The van der Waals surface area contributed by atoms with Crippen molar-refractivity contribution in [3.63, 3.8) is 0 Å². The molecule has 1 aromatic heterocycles. The average molecular weight is 427 g/mol. The van der Waals surface area contributed by atoms with E-state index in [9.17, 15) is 4.79 Å². The Balaban J connectivity index is 2.28. The van der Waals surface area contributed by atoms with Gasteiger partial charge in [-0.1, -0.05) is 42.4 Å². The van der Waals surface area contributed by atoms with Crippen molar-refractivity contribution < 1.29 is 18.6 Å². The van der Waals surface area contributed by atoms with Crippen LogP contribution in [0, 0.1) is 0 Å². The Kier molecular flexibility index (Phi) is 9.95. The summed E-state index contributed by atoms with van der Waals surface area (Å²) in [6.45, 7) is 9.20. The SMILES string of the molecule is CCC=CCCOc1cccc2oc(=O)c(OC)c(OCC=C(C)CCC=C(C)C)c12. The zero-order valence-corrected chi connectivity index (χ0v) is 19.3. The van der Waals surface area contributed by atoms with Gasteiger partial charge < -0.3 is 18.6 Å². The largest absolute Gasteiger partial charge is 0.492 e. The third-order valence-electron chi connectivity index (χ3n) is 4.71. The van der Waals surface area contributed by atoms with E-state index in [-0.39, 0.29) is 5.75 Å². The van der Waals surface area contributed by atoms with Crippen molar-refractivity contribution in [3.05, 3.63) is 64.1 Å². The van der Waals surface area contributed by atoms with E-state index in [1.54, 1.807) is 12.1 Å². The lowest BCUT2D eigenvalue weighted by Crippen LogP contribution is -2.09. The van der Waals surface area contributed by atoms with Crippen molar-refractivity contribution in [2.24, 2.45) is 0 Å². The van der Waals surface area contributed by atoms with Crippen LogP contribution in [-0.4, -0.2) is 20.3 Å². The topological polar surface area (TPSA) is 57.9 Å². The standard InChI is InChI=1S/C26H34O5/c1-6-7-8-9-17-29-21-14-11-15-22-23(21)24(25(28-5)26(27)31-22)30-18-16-20(4)13-10-12-19(2)3/h7-8,11-12,14-16H,6,9-10,13,17-18H2,1-5H3. The van der Waals surface area contributed by atoms with Crippen LogP contribution in [0.1, 0.15) is 53.4 Å². The fourth-order valence-electron chi connectivity index (χ4n) is 3.09. The number of hydrogen-bond acceptors (Lipinski definition) is 5. The number of rotatable bonds is 12. The van der Waals surface area contributed by atoms with E-state index < -0.39 is 5.63 Å². The van der Waals surface area contributed by atoms with E-state index in [2.05, 4.69) is 45.9 Å². The molecule has 31 heavy (non-hydrogen) atoms. The highest BCUT2D eigenvalue weighted by molar-refractivity contribution is 5.91. The summed E-state index contributed by atoms with van der Waals surface area (Å²) in [5.74, 6) is 0.996. The summed E-state index contributed by atoms with van der Waals surface area (Å²) in [4.78, 5) is 12.4. The first-order valence-electron chi connectivity index (χ1n) is 10.8. The van der Waals surface area contributed by atoms with Crippen LogP contribution in [0.4, 0.5) is 0 Å². The molecule has 5 nitrogen and oxygen atoms in total.